The highest BCUT2D eigenvalue weighted by Gasteiger charge is 2.29. The van der Waals surface area contributed by atoms with Crippen LogP contribution >= 0.6 is 11.6 Å². The second kappa shape index (κ2) is 6.08. The van der Waals surface area contributed by atoms with E-state index in [1.165, 1.54) is 7.11 Å². The molecular weight excluding hydrogens is 342 g/mol. The van der Waals surface area contributed by atoms with Crippen LogP contribution in [0.15, 0.2) is 45.6 Å². The highest BCUT2D eigenvalue weighted by molar-refractivity contribution is 6.34. The number of nitrogens with zero attached hydrogens (tertiary/aromatic N) is 1. The molecule has 1 atom stereocenters. The van der Waals surface area contributed by atoms with Crippen molar-refractivity contribution in [2.45, 2.75) is 6.42 Å². The molecule has 25 heavy (non-hydrogen) atoms. The van der Waals surface area contributed by atoms with Gasteiger partial charge in [0.25, 0.3) is 0 Å². The van der Waals surface area contributed by atoms with Crippen molar-refractivity contribution in [1.29, 1.82) is 0 Å². The van der Waals surface area contributed by atoms with Crippen molar-refractivity contribution in [3.05, 3.63) is 51.6 Å². The highest BCUT2D eigenvalue weighted by Crippen LogP contribution is 2.30. The van der Waals surface area contributed by atoms with Gasteiger partial charge in [-0.15, -0.1) is 0 Å². The molecule has 3 aromatic rings. The number of halogens is 1. The maximum absolute atomic E-state index is 12.7. The topological polar surface area (TPSA) is 59.8 Å². The SMILES string of the molecule is COC(=O)C1CCN(c2ccc3c(=O)c4cccc(Cl)c4oc3c2)C1. The monoisotopic (exact) mass is 357 g/mol. The second-order valence-corrected chi connectivity index (χ2v) is 6.59. The fraction of sp³-hybridized carbons (Fsp3) is 0.263. The van der Waals surface area contributed by atoms with E-state index in [4.69, 9.17) is 20.8 Å². The van der Waals surface area contributed by atoms with Crippen LogP contribution in [0.2, 0.25) is 5.02 Å². The van der Waals surface area contributed by atoms with Gasteiger partial charge in [-0.3, -0.25) is 9.59 Å². The maximum Gasteiger partial charge on any atom is 0.310 e. The molecule has 0 N–H and O–H groups in total. The number of hydrogen-bond donors (Lipinski definition) is 0. The molecule has 1 unspecified atom stereocenters. The molecule has 128 valence electrons. The minimum atomic E-state index is -0.187. The number of fused-ring (bicyclic) bond motifs is 2. The number of rotatable bonds is 2. The Morgan fingerprint density at radius 3 is 2.92 bits per heavy atom. The van der Waals surface area contributed by atoms with Gasteiger partial charge in [0.15, 0.2) is 5.58 Å². The summed E-state index contributed by atoms with van der Waals surface area (Å²) in [5, 5.41) is 1.40. The summed E-state index contributed by atoms with van der Waals surface area (Å²) in [6, 6.07) is 10.6. The van der Waals surface area contributed by atoms with Crippen LogP contribution in [0.4, 0.5) is 5.69 Å². The zero-order valence-electron chi connectivity index (χ0n) is 13.6. The Labute approximate surface area is 148 Å². The van der Waals surface area contributed by atoms with E-state index in [1.807, 2.05) is 12.1 Å². The van der Waals surface area contributed by atoms with Crippen molar-refractivity contribution in [2.24, 2.45) is 5.92 Å². The van der Waals surface area contributed by atoms with Gasteiger partial charge >= 0.3 is 5.97 Å². The number of esters is 1. The number of carbonyl (C=O) groups is 1. The van der Waals surface area contributed by atoms with Crippen molar-refractivity contribution in [2.75, 3.05) is 25.1 Å². The van der Waals surface area contributed by atoms with Crippen LogP contribution in [-0.2, 0) is 9.53 Å². The number of para-hydroxylation sites is 1. The van der Waals surface area contributed by atoms with E-state index in [0.29, 0.717) is 33.5 Å². The number of benzene rings is 2. The lowest BCUT2D eigenvalue weighted by Gasteiger charge is -2.18. The van der Waals surface area contributed by atoms with Crippen LogP contribution < -0.4 is 10.3 Å². The molecule has 0 spiro atoms. The molecule has 5 nitrogen and oxygen atoms in total. The van der Waals surface area contributed by atoms with Crippen LogP contribution in [0, 0.1) is 5.92 Å². The lowest BCUT2D eigenvalue weighted by atomic mass is 10.1. The predicted molar refractivity (Wildman–Crippen MR) is 97.3 cm³/mol. The molecule has 0 bridgehead atoms. The molecule has 0 radical (unpaired) electrons. The largest absolute Gasteiger partial charge is 0.469 e. The number of hydrogen-bond acceptors (Lipinski definition) is 5. The number of anilines is 1. The predicted octanol–water partition coefficient (Wildman–Crippen LogP) is 3.60. The zero-order valence-corrected chi connectivity index (χ0v) is 14.4. The van der Waals surface area contributed by atoms with Crippen molar-refractivity contribution < 1.29 is 13.9 Å². The molecule has 1 aromatic heterocycles. The average Bonchev–Trinajstić information content (AvgIpc) is 3.12. The minimum absolute atomic E-state index is 0.0980. The smallest absolute Gasteiger partial charge is 0.310 e. The van der Waals surface area contributed by atoms with Gasteiger partial charge in [0.05, 0.1) is 28.8 Å². The van der Waals surface area contributed by atoms with Crippen LogP contribution in [0.1, 0.15) is 6.42 Å². The summed E-state index contributed by atoms with van der Waals surface area (Å²) in [5.74, 6) is -0.314. The third kappa shape index (κ3) is 2.65. The van der Waals surface area contributed by atoms with E-state index in [9.17, 15) is 9.59 Å². The molecular formula is C19H16ClNO4. The number of ether oxygens (including phenoxy) is 1. The van der Waals surface area contributed by atoms with Crippen molar-refractivity contribution in [3.8, 4) is 0 Å². The summed E-state index contributed by atoms with van der Waals surface area (Å²) in [4.78, 5) is 26.5. The van der Waals surface area contributed by atoms with Gasteiger partial charge < -0.3 is 14.1 Å². The summed E-state index contributed by atoms with van der Waals surface area (Å²) in [7, 11) is 1.41. The summed E-state index contributed by atoms with van der Waals surface area (Å²) >= 11 is 6.17. The van der Waals surface area contributed by atoms with E-state index in [1.54, 1.807) is 24.3 Å². The Balaban J connectivity index is 1.78. The molecule has 2 aromatic carbocycles. The first-order chi connectivity index (χ1) is 12.1. The van der Waals surface area contributed by atoms with Gasteiger partial charge in [0, 0.05) is 24.8 Å². The van der Waals surface area contributed by atoms with E-state index in [-0.39, 0.29) is 17.3 Å². The Morgan fingerprint density at radius 1 is 1.28 bits per heavy atom. The summed E-state index contributed by atoms with van der Waals surface area (Å²) in [6.45, 7) is 1.35. The van der Waals surface area contributed by atoms with E-state index in [2.05, 4.69) is 4.90 Å². The first-order valence-electron chi connectivity index (χ1n) is 8.06. The first kappa shape index (κ1) is 16.0. The molecule has 0 saturated carbocycles. The highest BCUT2D eigenvalue weighted by atomic mass is 35.5. The van der Waals surface area contributed by atoms with Gasteiger partial charge in [-0.2, -0.15) is 0 Å². The van der Waals surface area contributed by atoms with Gasteiger partial charge in [0.1, 0.15) is 5.58 Å². The lowest BCUT2D eigenvalue weighted by molar-refractivity contribution is -0.144. The second-order valence-electron chi connectivity index (χ2n) is 6.18. The number of carbonyl (C=O) groups excluding carboxylic acids is 1. The van der Waals surface area contributed by atoms with Gasteiger partial charge in [-0.25, -0.2) is 0 Å². The van der Waals surface area contributed by atoms with E-state index >= 15 is 0 Å². The zero-order chi connectivity index (χ0) is 17.6. The summed E-state index contributed by atoms with van der Waals surface area (Å²) in [5.41, 5.74) is 1.70. The normalized spacial score (nSPS) is 17.4. The van der Waals surface area contributed by atoms with Crippen molar-refractivity contribution >= 4 is 45.2 Å². The van der Waals surface area contributed by atoms with Crippen molar-refractivity contribution in [1.82, 2.24) is 0 Å². The van der Waals surface area contributed by atoms with Crippen LogP contribution in [0.5, 0.6) is 0 Å². The molecule has 6 heteroatoms. The molecule has 2 heterocycles. The van der Waals surface area contributed by atoms with Crippen LogP contribution in [-0.4, -0.2) is 26.2 Å². The fourth-order valence-electron chi connectivity index (χ4n) is 3.38. The Hall–Kier alpha value is -2.53. The third-order valence-corrected chi connectivity index (χ3v) is 5.02. The van der Waals surface area contributed by atoms with Crippen molar-refractivity contribution in [3.63, 3.8) is 0 Å². The third-order valence-electron chi connectivity index (χ3n) is 4.72. The Morgan fingerprint density at radius 2 is 2.12 bits per heavy atom. The minimum Gasteiger partial charge on any atom is -0.469 e. The molecule has 1 aliphatic rings. The fourth-order valence-corrected chi connectivity index (χ4v) is 3.59. The summed E-state index contributed by atoms with van der Waals surface area (Å²) in [6.07, 6.45) is 0.748. The molecule has 0 amide bonds. The standard InChI is InChI=1S/C19H16ClNO4/c1-24-19(23)11-7-8-21(10-11)12-5-6-13-16(9-12)25-18-14(17(13)22)3-2-4-15(18)20/h2-6,9,11H,7-8,10H2,1H3. The summed E-state index contributed by atoms with van der Waals surface area (Å²) < 4.78 is 10.7. The van der Waals surface area contributed by atoms with E-state index in [0.717, 1.165) is 18.7 Å². The number of methoxy groups -OCH3 is 1. The van der Waals surface area contributed by atoms with Gasteiger partial charge in [-0.1, -0.05) is 17.7 Å². The molecule has 1 aliphatic heterocycles. The Kier molecular flexibility index (Phi) is 3.88. The quantitative estimate of drug-likeness (QED) is 0.518. The van der Waals surface area contributed by atoms with Crippen LogP contribution in [0.25, 0.3) is 21.9 Å². The van der Waals surface area contributed by atoms with Crippen LogP contribution in [0.3, 0.4) is 0 Å². The van der Waals surface area contributed by atoms with Gasteiger partial charge in [0.2, 0.25) is 5.43 Å². The molecule has 4 rings (SSSR count). The average molecular weight is 358 g/mol. The molecule has 1 saturated heterocycles. The maximum atomic E-state index is 12.7. The molecule has 0 aliphatic carbocycles. The molecule has 1 fully saturated rings. The first-order valence-corrected chi connectivity index (χ1v) is 8.44. The lowest BCUT2D eigenvalue weighted by Crippen LogP contribution is -2.23. The van der Waals surface area contributed by atoms with Gasteiger partial charge in [-0.05, 0) is 30.7 Å². The van der Waals surface area contributed by atoms with E-state index < -0.39 is 0 Å². The Bertz CT molecular complexity index is 1040.